The van der Waals surface area contributed by atoms with Crippen molar-refractivity contribution in [3.8, 4) is 17.0 Å². The molecule has 3 aromatic rings. The number of carbonyl (C=O) groups is 2. The fraction of sp³-hybridized carbons (Fsp3) is 0.259. The number of piperazine rings is 1. The minimum absolute atomic E-state index is 0.0621. The summed E-state index contributed by atoms with van der Waals surface area (Å²) in [7, 11) is 1.62. The summed E-state index contributed by atoms with van der Waals surface area (Å²) in [5, 5.41) is 8.73. The van der Waals surface area contributed by atoms with Crippen LogP contribution in [0.4, 0.5) is 10.2 Å². The lowest BCUT2D eigenvalue weighted by atomic mass is 10.1. The number of nitrogens with zero attached hydrogens (tertiary/aromatic N) is 5. The maximum absolute atomic E-state index is 14.1. The lowest BCUT2D eigenvalue weighted by Crippen LogP contribution is -2.52. The molecule has 1 fully saturated rings. The van der Waals surface area contributed by atoms with Crippen LogP contribution in [-0.2, 0) is 4.79 Å². The Morgan fingerprint density at radius 3 is 2.50 bits per heavy atom. The van der Waals surface area contributed by atoms with Gasteiger partial charge in [0.15, 0.2) is 5.82 Å². The summed E-state index contributed by atoms with van der Waals surface area (Å²) in [5.41, 5.74) is 1.60. The molecule has 2 aromatic carbocycles. The van der Waals surface area contributed by atoms with Crippen LogP contribution < -0.4 is 9.64 Å². The Morgan fingerprint density at radius 1 is 1.06 bits per heavy atom. The molecule has 0 N–H and O–H groups in total. The van der Waals surface area contributed by atoms with Gasteiger partial charge in [0.1, 0.15) is 18.1 Å². The molecule has 1 aliphatic heterocycles. The first-order chi connectivity index (χ1) is 17.5. The fourth-order valence-corrected chi connectivity index (χ4v) is 4.06. The molecule has 8 nitrogen and oxygen atoms in total. The molecular formula is C27H28FN5O3. The number of hydrogen-bond acceptors (Lipinski definition) is 6. The van der Waals surface area contributed by atoms with Crippen molar-refractivity contribution in [3.05, 3.63) is 84.7 Å². The van der Waals surface area contributed by atoms with Crippen molar-refractivity contribution in [2.75, 3.05) is 51.3 Å². The van der Waals surface area contributed by atoms with E-state index >= 15 is 0 Å². The molecular weight excluding hydrogens is 461 g/mol. The minimum atomic E-state index is -0.615. The standard InChI is InChI=1S/C27H28FN5O3/c1-3-13-33(27(35)22-9-4-5-10-23(22)28)19-26(34)32-16-14-31(15-17-32)25-12-11-24(29-30-25)20-7-6-8-21(18-20)36-2/h3-12,18H,1,13-17,19H2,2H3. The van der Waals surface area contributed by atoms with Gasteiger partial charge in [0.25, 0.3) is 5.91 Å². The molecule has 36 heavy (non-hydrogen) atoms. The molecule has 0 radical (unpaired) electrons. The van der Waals surface area contributed by atoms with Crippen LogP contribution in [0.15, 0.2) is 73.3 Å². The van der Waals surface area contributed by atoms with Gasteiger partial charge in [-0.3, -0.25) is 9.59 Å². The highest BCUT2D eigenvalue weighted by molar-refractivity contribution is 5.96. The molecule has 0 saturated carbocycles. The number of hydrogen-bond donors (Lipinski definition) is 0. The number of carbonyl (C=O) groups excluding carboxylic acids is 2. The van der Waals surface area contributed by atoms with Crippen molar-refractivity contribution in [3.63, 3.8) is 0 Å². The highest BCUT2D eigenvalue weighted by Gasteiger charge is 2.26. The molecule has 1 saturated heterocycles. The Morgan fingerprint density at radius 2 is 1.83 bits per heavy atom. The predicted molar refractivity (Wildman–Crippen MR) is 135 cm³/mol. The highest BCUT2D eigenvalue weighted by Crippen LogP contribution is 2.23. The number of ether oxygens (including phenoxy) is 1. The Balaban J connectivity index is 1.35. The molecule has 0 atom stereocenters. The molecule has 0 bridgehead atoms. The Hall–Kier alpha value is -4.27. The van der Waals surface area contributed by atoms with Crippen molar-refractivity contribution in [2.45, 2.75) is 0 Å². The van der Waals surface area contributed by atoms with Gasteiger partial charge in [0, 0.05) is 38.3 Å². The van der Waals surface area contributed by atoms with Crippen molar-refractivity contribution < 1.29 is 18.7 Å². The van der Waals surface area contributed by atoms with Crippen LogP contribution in [0.3, 0.4) is 0 Å². The number of methoxy groups -OCH3 is 1. The number of anilines is 1. The molecule has 2 amide bonds. The molecule has 0 aliphatic carbocycles. The number of benzene rings is 2. The van der Waals surface area contributed by atoms with Crippen LogP contribution in [0.2, 0.25) is 0 Å². The van der Waals surface area contributed by atoms with Crippen LogP contribution in [0.1, 0.15) is 10.4 Å². The van der Waals surface area contributed by atoms with E-state index in [1.807, 2.05) is 36.4 Å². The second kappa shape index (κ2) is 11.4. The van der Waals surface area contributed by atoms with Gasteiger partial charge in [-0.1, -0.05) is 30.3 Å². The third kappa shape index (κ3) is 5.68. The highest BCUT2D eigenvalue weighted by atomic mass is 19.1. The van der Waals surface area contributed by atoms with E-state index in [1.54, 1.807) is 18.1 Å². The van der Waals surface area contributed by atoms with E-state index in [1.165, 1.54) is 29.2 Å². The Labute approximate surface area is 209 Å². The van der Waals surface area contributed by atoms with E-state index in [-0.39, 0.29) is 24.6 Å². The largest absolute Gasteiger partial charge is 0.497 e. The molecule has 0 spiro atoms. The van der Waals surface area contributed by atoms with E-state index in [0.717, 1.165) is 22.8 Å². The lowest BCUT2D eigenvalue weighted by molar-refractivity contribution is -0.132. The van der Waals surface area contributed by atoms with Crippen LogP contribution in [0.25, 0.3) is 11.3 Å². The van der Waals surface area contributed by atoms with Gasteiger partial charge >= 0.3 is 0 Å². The molecule has 2 heterocycles. The van der Waals surface area contributed by atoms with Gasteiger partial charge in [0.05, 0.1) is 18.4 Å². The summed E-state index contributed by atoms with van der Waals surface area (Å²) in [5.74, 6) is 0.140. The quantitative estimate of drug-likeness (QED) is 0.452. The first kappa shape index (κ1) is 24.8. The molecule has 0 unspecified atom stereocenters. The minimum Gasteiger partial charge on any atom is -0.497 e. The zero-order chi connectivity index (χ0) is 25.5. The molecule has 4 rings (SSSR count). The summed E-state index contributed by atoms with van der Waals surface area (Å²) in [6.07, 6.45) is 1.53. The topological polar surface area (TPSA) is 78.9 Å². The van der Waals surface area contributed by atoms with Gasteiger partial charge in [-0.25, -0.2) is 4.39 Å². The second-order valence-electron chi connectivity index (χ2n) is 8.33. The molecule has 186 valence electrons. The van der Waals surface area contributed by atoms with Crippen LogP contribution in [0, 0.1) is 5.82 Å². The van der Waals surface area contributed by atoms with Crippen molar-refractivity contribution in [1.82, 2.24) is 20.0 Å². The van der Waals surface area contributed by atoms with Gasteiger partial charge in [-0.2, -0.15) is 0 Å². The normalized spacial score (nSPS) is 13.3. The first-order valence-electron chi connectivity index (χ1n) is 11.7. The number of amides is 2. The predicted octanol–water partition coefficient (Wildman–Crippen LogP) is 3.27. The van der Waals surface area contributed by atoms with E-state index in [4.69, 9.17) is 4.74 Å². The maximum atomic E-state index is 14.1. The van der Waals surface area contributed by atoms with Crippen molar-refractivity contribution >= 4 is 17.6 Å². The summed E-state index contributed by atoms with van der Waals surface area (Å²) in [6.45, 7) is 5.79. The summed E-state index contributed by atoms with van der Waals surface area (Å²) in [6, 6.07) is 17.2. The Bertz CT molecular complexity index is 1230. The molecule has 9 heteroatoms. The average Bonchev–Trinajstić information content (AvgIpc) is 2.93. The smallest absolute Gasteiger partial charge is 0.257 e. The maximum Gasteiger partial charge on any atom is 0.257 e. The zero-order valence-electron chi connectivity index (χ0n) is 20.1. The van der Waals surface area contributed by atoms with Gasteiger partial charge in [-0.05, 0) is 36.4 Å². The van der Waals surface area contributed by atoms with Crippen LogP contribution in [-0.4, -0.2) is 78.2 Å². The van der Waals surface area contributed by atoms with E-state index in [2.05, 4.69) is 21.7 Å². The van der Waals surface area contributed by atoms with E-state index in [9.17, 15) is 14.0 Å². The second-order valence-corrected chi connectivity index (χ2v) is 8.33. The average molecular weight is 490 g/mol. The summed E-state index contributed by atoms with van der Waals surface area (Å²) < 4.78 is 19.4. The number of halogens is 1. The third-order valence-electron chi connectivity index (χ3n) is 6.04. The lowest BCUT2D eigenvalue weighted by Gasteiger charge is -2.36. The summed E-state index contributed by atoms with van der Waals surface area (Å²) in [4.78, 5) is 30.8. The van der Waals surface area contributed by atoms with Crippen LogP contribution in [0.5, 0.6) is 5.75 Å². The number of aromatic nitrogens is 2. The molecule has 1 aromatic heterocycles. The number of rotatable bonds is 8. The van der Waals surface area contributed by atoms with Gasteiger partial charge < -0.3 is 19.4 Å². The SMILES string of the molecule is C=CCN(CC(=O)N1CCN(c2ccc(-c3cccc(OC)c3)nn2)CC1)C(=O)c1ccccc1F. The monoisotopic (exact) mass is 489 g/mol. The third-order valence-corrected chi connectivity index (χ3v) is 6.04. The van der Waals surface area contributed by atoms with Gasteiger partial charge in [0.2, 0.25) is 5.91 Å². The van der Waals surface area contributed by atoms with E-state index < -0.39 is 11.7 Å². The van der Waals surface area contributed by atoms with Crippen LogP contribution >= 0.6 is 0 Å². The van der Waals surface area contributed by atoms with E-state index in [0.29, 0.717) is 26.2 Å². The molecule has 1 aliphatic rings. The Kier molecular flexibility index (Phi) is 7.89. The van der Waals surface area contributed by atoms with Crippen molar-refractivity contribution in [1.29, 1.82) is 0 Å². The fourth-order valence-electron chi connectivity index (χ4n) is 4.06. The summed E-state index contributed by atoms with van der Waals surface area (Å²) >= 11 is 0. The van der Waals surface area contributed by atoms with Gasteiger partial charge in [-0.15, -0.1) is 16.8 Å². The van der Waals surface area contributed by atoms with Crippen molar-refractivity contribution in [2.24, 2.45) is 0 Å². The zero-order valence-corrected chi connectivity index (χ0v) is 20.1. The first-order valence-corrected chi connectivity index (χ1v) is 11.7.